The van der Waals surface area contributed by atoms with Gasteiger partial charge in [-0.05, 0) is 49.2 Å². The van der Waals surface area contributed by atoms with E-state index in [1.165, 1.54) is 11.1 Å². The molecule has 0 bridgehead atoms. The number of hydrogen-bond acceptors (Lipinski definition) is 2. The van der Waals surface area contributed by atoms with E-state index in [1.807, 2.05) is 12.1 Å². The van der Waals surface area contributed by atoms with Crippen molar-refractivity contribution >= 4 is 32.9 Å². The Hall–Kier alpha value is -1.81. The van der Waals surface area contributed by atoms with E-state index in [0.29, 0.717) is 5.95 Å². The summed E-state index contributed by atoms with van der Waals surface area (Å²) in [6.45, 7) is 4.20. The van der Waals surface area contributed by atoms with Crippen LogP contribution in [0.2, 0.25) is 0 Å². The predicted octanol–water partition coefficient (Wildman–Crippen LogP) is 4.30. The van der Waals surface area contributed by atoms with E-state index in [2.05, 4.69) is 69.7 Å². The molecule has 0 radical (unpaired) electrons. The quantitative estimate of drug-likeness (QED) is 0.761. The topological polar surface area (TPSA) is 43.8 Å². The van der Waals surface area contributed by atoms with Gasteiger partial charge < -0.3 is 10.3 Å². The number of benzene rings is 2. The first-order chi connectivity index (χ1) is 9.56. The molecule has 0 saturated heterocycles. The maximum absolute atomic E-state index is 6.11. The molecule has 1 aromatic heterocycles. The fourth-order valence-corrected chi connectivity index (χ4v) is 2.79. The van der Waals surface area contributed by atoms with Crippen LogP contribution in [0.4, 0.5) is 5.95 Å². The molecule has 102 valence electrons. The molecule has 0 aliphatic heterocycles. The zero-order chi connectivity index (χ0) is 14.3. The van der Waals surface area contributed by atoms with Crippen LogP contribution in [-0.4, -0.2) is 9.55 Å². The highest BCUT2D eigenvalue weighted by molar-refractivity contribution is 9.10. The SMILES string of the molecule is Cc1ccc2c(c1)nc(N)n2C(C)c1ccc(Br)cc1. The second-order valence-corrected chi connectivity index (χ2v) is 5.98. The number of fused-ring (bicyclic) bond motifs is 1. The lowest BCUT2D eigenvalue weighted by Crippen LogP contribution is -2.10. The summed E-state index contributed by atoms with van der Waals surface area (Å²) in [7, 11) is 0. The minimum absolute atomic E-state index is 0.149. The van der Waals surface area contributed by atoms with Crippen molar-refractivity contribution in [2.75, 3.05) is 5.73 Å². The van der Waals surface area contributed by atoms with Crippen molar-refractivity contribution in [1.82, 2.24) is 9.55 Å². The molecule has 0 aliphatic rings. The van der Waals surface area contributed by atoms with E-state index in [1.54, 1.807) is 0 Å². The summed E-state index contributed by atoms with van der Waals surface area (Å²) in [5.74, 6) is 0.556. The van der Waals surface area contributed by atoms with Gasteiger partial charge in [0.15, 0.2) is 0 Å². The summed E-state index contributed by atoms with van der Waals surface area (Å²) in [5, 5.41) is 0. The number of nitrogens with zero attached hydrogens (tertiary/aromatic N) is 2. The number of nitrogen functional groups attached to an aromatic ring is 1. The molecule has 2 aromatic carbocycles. The number of rotatable bonds is 2. The fraction of sp³-hybridized carbons (Fsp3) is 0.188. The summed E-state index contributed by atoms with van der Waals surface area (Å²) < 4.78 is 3.16. The molecule has 2 N–H and O–H groups in total. The lowest BCUT2D eigenvalue weighted by molar-refractivity contribution is 0.667. The van der Waals surface area contributed by atoms with Crippen molar-refractivity contribution in [3.63, 3.8) is 0 Å². The Morgan fingerprint density at radius 3 is 2.55 bits per heavy atom. The summed E-state index contributed by atoms with van der Waals surface area (Å²) >= 11 is 3.46. The van der Waals surface area contributed by atoms with Crippen molar-refractivity contribution < 1.29 is 0 Å². The van der Waals surface area contributed by atoms with E-state index < -0.39 is 0 Å². The van der Waals surface area contributed by atoms with Crippen LogP contribution in [0.15, 0.2) is 46.9 Å². The predicted molar refractivity (Wildman–Crippen MR) is 86.8 cm³/mol. The maximum Gasteiger partial charge on any atom is 0.201 e. The van der Waals surface area contributed by atoms with Gasteiger partial charge in [-0.3, -0.25) is 0 Å². The van der Waals surface area contributed by atoms with Gasteiger partial charge in [0.05, 0.1) is 17.1 Å². The fourth-order valence-electron chi connectivity index (χ4n) is 2.52. The summed E-state index contributed by atoms with van der Waals surface area (Å²) in [6, 6.07) is 14.7. The molecule has 1 unspecified atom stereocenters. The lowest BCUT2D eigenvalue weighted by atomic mass is 10.1. The first-order valence-corrected chi connectivity index (χ1v) is 7.35. The number of imidazole rings is 1. The van der Waals surface area contributed by atoms with Crippen LogP contribution in [0.1, 0.15) is 24.1 Å². The molecule has 20 heavy (non-hydrogen) atoms. The Kier molecular flexibility index (Phi) is 3.26. The Morgan fingerprint density at radius 2 is 1.85 bits per heavy atom. The Balaban J connectivity index is 2.13. The summed E-state index contributed by atoms with van der Waals surface area (Å²) in [4.78, 5) is 4.47. The largest absolute Gasteiger partial charge is 0.369 e. The standard InChI is InChI=1S/C16H16BrN3/c1-10-3-8-15-14(9-10)19-16(18)20(15)11(2)12-4-6-13(17)7-5-12/h3-9,11H,1-2H3,(H2,18,19). The molecule has 4 heteroatoms. The van der Waals surface area contributed by atoms with Gasteiger partial charge in [0.25, 0.3) is 0 Å². The third-order valence-electron chi connectivity index (χ3n) is 3.61. The Labute approximate surface area is 126 Å². The Morgan fingerprint density at radius 1 is 1.15 bits per heavy atom. The molecule has 3 rings (SSSR count). The lowest BCUT2D eigenvalue weighted by Gasteiger charge is -2.16. The molecular weight excluding hydrogens is 314 g/mol. The summed E-state index contributed by atoms with van der Waals surface area (Å²) in [5.41, 5.74) is 10.5. The number of anilines is 1. The van der Waals surface area contributed by atoms with Gasteiger partial charge in [-0.2, -0.15) is 0 Å². The zero-order valence-electron chi connectivity index (χ0n) is 11.5. The normalized spacial score (nSPS) is 12.8. The molecule has 0 spiro atoms. The molecular formula is C16H16BrN3. The highest BCUT2D eigenvalue weighted by atomic mass is 79.9. The van der Waals surface area contributed by atoms with Crippen LogP contribution >= 0.6 is 15.9 Å². The van der Waals surface area contributed by atoms with Crippen LogP contribution in [0.25, 0.3) is 11.0 Å². The number of hydrogen-bond donors (Lipinski definition) is 1. The first-order valence-electron chi connectivity index (χ1n) is 6.56. The van der Waals surface area contributed by atoms with Crippen molar-refractivity contribution in [2.24, 2.45) is 0 Å². The second-order valence-electron chi connectivity index (χ2n) is 5.06. The molecule has 3 nitrogen and oxygen atoms in total. The van der Waals surface area contributed by atoms with E-state index in [4.69, 9.17) is 5.73 Å². The minimum Gasteiger partial charge on any atom is -0.369 e. The Bertz CT molecular complexity index is 759. The van der Waals surface area contributed by atoms with Crippen molar-refractivity contribution in [2.45, 2.75) is 19.9 Å². The summed E-state index contributed by atoms with van der Waals surface area (Å²) in [6.07, 6.45) is 0. The molecule has 0 saturated carbocycles. The van der Waals surface area contributed by atoms with E-state index in [0.717, 1.165) is 15.5 Å². The van der Waals surface area contributed by atoms with Gasteiger partial charge in [0.2, 0.25) is 5.95 Å². The van der Waals surface area contributed by atoms with Crippen LogP contribution in [0.3, 0.4) is 0 Å². The number of halogens is 1. The van der Waals surface area contributed by atoms with Crippen LogP contribution in [-0.2, 0) is 0 Å². The molecule has 1 heterocycles. The molecule has 3 aromatic rings. The number of nitrogens with two attached hydrogens (primary N) is 1. The van der Waals surface area contributed by atoms with E-state index in [-0.39, 0.29) is 6.04 Å². The van der Waals surface area contributed by atoms with Crippen molar-refractivity contribution in [3.8, 4) is 0 Å². The highest BCUT2D eigenvalue weighted by Gasteiger charge is 2.15. The maximum atomic E-state index is 6.11. The van der Waals surface area contributed by atoms with Crippen LogP contribution < -0.4 is 5.73 Å². The monoisotopic (exact) mass is 329 g/mol. The third kappa shape index (κ3) is 2.20. The van der Waals surface area contributed by atoms with Gasteiger partial charge >= 0.3 is 0 Å². The molecule has 0 amide bonds. The van der Waals surface area contributed by atoms with Crippen molar-refractivity contribution in [1.29, 1.82) is 0 Å². The molecule has 1 atom stereocenters. The van der Waals surface area contributed by atoms with Crippen LogP contribution in [0.5, 0.6) is 0 Å². The smallest absolute Gasteiger partial charge is 0.201 e. The van der Waals surface area contributed by atoms with Gasteiger partial charge in [-0.15, -0.1) is 0 Å². The molecule has 0 aliphatic carbocycles. The van der Waals surface area contributed by atoms with Gasteiger partial charge in [-0.25, -0.2) is 4.98 Å². The molecule has 0 fully saturated rings. The minimum atomic E-state index is 0.149. The third-order valence-corrected chi connectivity index (χ3v) is 4.14. The van der Waals surface area contributed by atoms with Crippen molar-refractivity contribution in [3.05, 3.63) is 58.1 Å². The number of aromatic nitrogens is 2. The van der Waals surface area contributed by atoms with Gasteiger partial charge in [-0.1, -0.05) is 34.1 Å². The number of aryl methyl sites for hydroxylation is 1. The van der Waals surface area contributed by atoms with Gasteiger partial charge in [0, 0.05) is 4.47 Å². The highest BCUT2D eigenvalue weighted by Crippen LogP contribution is 2.28. The van der Waals surface area contributed by atoms with E-state index in [9.17, 15) is 0 Å². The average Bonchev–Trinajstić information content (AvgIpc) is 2.73. The van der Waals surface area contributed by atoms with Gasteiger partial charge in [0.1, 0.15) is 0 Å². The average molecular weight is 330 g/mol. The zero-order valence-corrected chi connectivity index (χ0v) is 13.1. The first kappa shape index (κ1) is 13.2. The van der Waals surface area contributed by atoms with E-state index >= 15 is 0 Å². The second kappa shape index (κ2) is 4.94. The van der Waals surface area contributed by atoms with Crippen LogP contribution in [0, 0.1) is 6.92 Å².